The molecule has 7 heteroatoms. The zero-order chi connectivity index (χ0) is 20.0. The summed E-state index contributed by atoms with van der Waals surface area (Å²) in [5.41, 5.74) is 2.32. The molecule has 2 N–H and O–H groups in total. The Morgan fingerprint density at radius 3 is 2.66 bits per heavy atom. The molecule has 1 aliphatic heterocycles. The van der Waals surface area contributed by atoms with Gasteiger partial charge in [-0.2, -0.15) is 0 Å². The summed E-state index contributed by atoms with van der Waals surface area (Å²) in [6.45, 7) is 7.28. The number of likely N-dealkylation sites (N-methyl/N-ethyl adjacent to an activating group) is 1. The number of likely N-dealkylation sites (tertiary alicyclic amines) is 1. The Morgan fingerprint density at radius 1 is 1.24 bits per heavy atom. The highest BCUT2D eigenvalue weighted by Crippen LogP contribution is 2.47. The zero-order valence-corrected chi connectivity index (χ0v) is 20.4. The van der Waals surface area contributed by atoms with Crippen LogP contribution in [0.5, 0.6) is 0 Å². The van der Waals surface area contributed by atoms with Gasteiger partial charge in [0.1, 0.15) is 0 Å². The molecule has 29 heavy (non-hydrogen) atoms. The molecule has 1 saturated carbocycles. The number of benzene rings is 1. The van der Waals surface area contributed by atoms with Crippen LogP contribution in [0.25, 0.3) is 0 Å². The molecule has 0 atom stereocenters. The molecule has 1 heterocycles. The van der Waals surface area contributed by atoms with Crippen molar-refractivity contribution in [3.05, 3.63) is 35.4 Å². The summed E-state index contributed by atoms with van der Waals surface area (Å²) in [4.78, 5) is 21.7. The summed E-state index contributed by atoms with van der Waals surface area (Å²) in [6, 6.07) is 7.80. The molecule has 1 aromatic rings. The van der Waals surface area contributed by atoms with Gasteiger partial charge in [0, 0.05) is 38.3 Å². The van der Waals surface area contributed by atoms with E-state index in [9.17, 15) is 4.79 Å². The van der Waals surface area contributed by atoms with Crippen molar-refractivity contribution in [1.29, 1.82) is 0 Å². The number of hydrogen-bond acceptors (Lipinski definition) is 3. The first-order valence-corrected chi connectivity index (χ1v) is 10.6. The van der Waals surface area contributed by atoms with Gasteiger partial charge < -0.3 is 20.4 Å². The van der Waals surface area contributed by atoms with E-state index in [1.807, 2.05) is 38.4 Å². The fourth-order valence-electron chi connectivity index (χ4n) is 4.10. The normalized spacial score (nSPS) is 17.8. The predicted molar refractivity (Wildman–Crippen MR) is 130 cm³/mol. The van der Waals surface area contributed by atoms with Crippen molar-refractivity contribution in [3.63, 3.8) is 0 Å². The van der Waals surface area contributed by atoms with Gasteiger partial charge in [-0.15, -0.1) is 24.0 Å². The maximum absolute atomic E-state index is 12.4. The van der Waals surface area contributed by atoms with Gasteiger partial charge in [0.05, 0.1) is 6.54 Å². The molecule has 3 rings (SSSR count). The third kappa shape index (κ3) is 6.57. The number of nitrogens with zero attached hydrogens (tertiary/aromatic N) is 3. The number of guanidine groups is 1. The van der Waals surface area contributed by atoms with Gasteiger partial charge in [0.2, 0.25) is 0 Å². The Morgan fingerprint density at radius 2 is 2.03 bits per heavy atom. The Hall–Kier alpha value is -1.35. The van der Waals surface area contributed by atoms with Gasteiger partial charge in [-0.3, -0.25) is 4.79 Å². The number of amides is 1. The Labute approximate surface area is 192 Å². The highest BCUT2D eigenvalue weighted by atomic mass is 127. The number of carbonyl (C=O) groups is 1. The van der Waals surface area contributed by atoms with Crippen LogP contribution in [-0.2, 0) is 6.54 Å². The second-order valence-corrected chi connectivity index (χ2v) is 8.45. The Balaban J connectivity index is 0.00000300. The summed E-state index contributed by atoms with van der Waals surface area (Å²) in [6.07, 6.45) is 5.41. The van der Waals surface area contributed by atoms with Crippen molar-refractivity contribution in [2.75, 3.05) is 46.8 Å². The summed E-state index contributed by atoms with van der Waals surface area (Å²) in [5.74, 6) is 0.984. The molecule has 2 aliphatic rings. The number of hydrogen-bond donors (Lipinski definition) is 2. The second kappa shape index (κ2) is 11.2. The van der Waals surface area contributed by atoms with E-state index in [0.29, 0.717) is 24.1 Å². The van der Waals surface area contributed by atoms with Gasteiger partial charge in [0.15, 0.2) is 5.96 Å². The van der Waals surface area contributed by atoms with Gasteiger partial charge in [-0.05, 0) is 63.4 Å². The van der Waals surface area contributed by atoms with Crippen LogP contribution in [0.15, 0.2) is 29.3 Å². The van der Waals surface area contributed by atoms with Crippen LogP contribution in [0.1, 0.15) is 48.5 Å². The van der Waals surface area contributed by atoms with Crippen molar-refractivity contribution in [3.8, 4) is 0 Å². The summed E-state index contributed by atoms with van der Waals surface area (Å²) >= 11 is 0. The molecule has 1 spiro atoms. The standard InChI is InChI=1S/C22H35N5O.HI/c1-4-23-21(27-13-11-22(17-27)9-6-10-22)25-16-18-7-5-8-19(15-18)20(28)24-12-14-26(2)3;/h5,7-8,15H,4,6,9-14,16-17H2,1-3H3,(H,23,25)(H,24,28);1H. The Kier molecular flexibility index (Phi) is 9.20. The molecule has 1 amide bonds. The topological polar surface area (TPSA) is 60.0 Å². The number of aliphatic imine (C=N–C) groups is 1. The molecule has 0 aromatic heterocycles. The van der Waals surface area contributed by atoms with Crippen LogP contribution in [0, 0.1) is 5.41 Å². The number of rotatable bonds is 7. The molecular weight excluding hydrogens is 477 g/mol. The number of carbonyl (C=O) groups excluding carboxylic acids is 1. The average Bonchev–Trinajstić information content (AvgIpc) is 3.11. The van der Waals surface area contributed by atoms with Crippen LogP contribution >= 0.6 is 24.0 Å². The van der Waals surface area contributed by atoms with E-state index in [0.717, 1.165) is 37.7 Å². The van der Waals surface area contributed by atoms with Gasteiger partial charge in [-0.25, -0.2) is 4.99 Å². The van der Waals surface area contributed by atoms with Crippen molar-refractivity contribution >= 4 is 35.8 Å². The van der Waals surface area contributed by atoms with E-state index in [1.54, 1.807) is 0 Å². The Bertz CT molecular complexity index is 702. The first kappa shape index (κ1) is 23.9. The summed E-state index contributed by atoms with van der Waals surface area (Å²) in [5, 5.41) is 6.42. The fourth-order valence-corrected chi connectivity index (χ4v) is 4.10. The highest BCUT2D eigenvalue weighted by molar-refractivity contribution is 14.0. The van der Waals surface area contributed by atoms with Crippen LogP contribution in [0.3, 0.4) is 0 Å². The molecular formula is C22H36IN5O. The largest absolute Gasteiger partial charge is 0.357 e. The predicted octanol–water partition coefficient (Wildman–Crippen LogP) is 2.94. The van der Waals surface area contributed by atoms with Crippen molar-refractivity contribution in [2.45, 2.75) is 39.2 Å². The molecule has 162 valence electrons. The fraction of sp³-hybridized carbons (Fsp3) is 0.636. The lowest BCUT2D eigenvalue weighted by Gasteiger charge is -2.38. The molecule has 0 bridgehead atoms. The van der Waals surface area contributed by atoms with Crippen molar-refractivity contribution < 1.29 is 4.79 Å². The lowest BCUT2D eigenvalue weighted by Crippen LogP contribution is -2.42. The first-order valence-electron chi connectivity index (χ1n) is 10.6. The SMILES string of the molecule is CCNC(=NCc1cccc(C(=O)NCCN(C)C)c1)N1CCC2(CCC2)C1.I. The maximum atomic E-state index is 12.4. The molecule has 0 radical (unpaired) electrons. The molecule has 1 aliphatic carbocycles. The molecule has 1 aromatic carbocycles. The molecule has 0 unspecified atom stereocenters. The van der Waals surface area contributed by atoms with Gasteiger partial charge >= 0.3 is 0 Å². The lowest BCUT2D eigenvalue weighted by molar-refractivity contribution is 0.0951. The molecule has 2 fully saturated rings. The first-order chi connectivity index (χ1) is 13.5. The minimum atomic E-state index is -0.0222. The second-order valence-electron chi connectivity index (χ2n) is 8.45. The number of halogens is 1. The van der Waals surface area contributed by atoms with E-state index < -0.39 is 0 Å². The van der Waals surface area contributed by atoms with E-state index >= 15 is 0 Å². The molecule has 6 nitrogen and oxygen atoms in total. The van der Waals surface area contributed by atoms with Crippen molar-refractivity contribution in [1.82, 2.24) is 20.4 Å². The third-order valence-electron chi connectivity index (χ3n) is 5.93. The lowest BCUT2D eigenvalue weighted by atomic mass is 9.68. The van der Waals surface area contributed by atoms with E-state index in [4.69, 9.17) is 4.99 Å². The minimum Gasteiger partial charge on any atom is -0.357 e. The quantitative estimate of drug-likeness (QED) is 0.335. The smallest absolute Gasteiger partial charge is 0.251 e. The minimum absolute atomic E-state index is 0. The third-order valence-corrected chi connectivity index (χ3v) is 5.93. The number of nitrogens with one attached hydrogen (secondary N) is 2. The van der Waals surface area contributed by atoms with Gasteiger partial charge in [0.25, 0.3) is 5.91 Å². The zero-order valence-electron chi connectivity index (χ0n) is 18.0. The van der Waals surface area contributed by atoms with Crippen LogP contribution < -0.4 is 10.6 Å². The monoisotopic (exact) mass is 513 g/mol. The van der Waals surface area contributed by atoms with Crippen LogP contribution in [0.4, 0.5) is 0 Å². The summed E-state index contributed by atoms with van der Waals surface area (Å²) in [7, 11) is 4.00. The van der Waals surface area contributed by atoms with Gasteiger partial charge in [-0.1, -0.05) is 18.6 Å². The average molecular weight is 513 g/mol. The van der Waals surface area contributed by atoms with E-state index in [1.165, 1.54) is 25.7 Å². The van der Waals surface area contributed by atoms with E-state index in [-0.39, 0.29) is 29.9 Å². The van der Waals surface area contributed by atoms with Crippen LogP contribution in [0.2, 0.25) is 0 Å². The summed E-state index contributed by atoms with van der Waals surface area (Å²) < 4.78 is 0. The maximum Gasteiger partial charge on any atom is 0.251 e. The highest BCUT2D eigenvalue weighted by Gasteiger charge is 2.43. The van der Waals surface area contributed by atoms with Crippen LogP contribution in [-0.4, -0.2) is 68.5 Å². The molecule has 1 saturated heterocycles. The van der Waals surface area contributed by atoms with E-state index in [2.05, 4.69) is 27.4 Å². The van der Waals surface area contributed by atoms with Crippen molar-refractivity contribution in [2.24, 2.45) is 10.4 Å².